The third-order valence-corrected chi connectivity index (χ3v) is 6.17. The maximum atomic E-state index is 14.6. The van der Waals surface area contributed by atoms with Gasteiger partial charge in [0.2, 0.25) is 11.8 Å². The first kappa shape index (κ1) is 26.9. The number of methoxy groups -OCH3 is 2. The number of aromatic nitrogens is 2. The minimum absolute atomic E-state index is 0.0434. The molecule has 1 heterocycles. The van der Waals surface area contributed by atoms with Crippen LogP contribution in [0.3, 0.4) is 0 Å². The average molecular weight is 533 g/mol. The maximum Gasteiger partial charge on any atom is 0.247 e. The summed E-state index contributed by atoms with van der Waals surface area (Å²) in [5, 5.41) is 2.98. The van der Waals surface area contributed by atoms with Gasteiger partial charge < -0.3 is 14.8 Å². The van der Waals surface area contributed by atoms with E-state index in [1.807, 2.05) is 0 Å². The van der Waals surface area contributed by atoms with Crippen LogP contribution >= 0.6 is 23.2 Å². The molecule has 1 aromatic heterocycles. The van der Waals surface area contributed by atoms with Crippen molar-refractivity contribution in [2.45, 2.75) is 12.8 Å². The topological polar surface area (TPSA) is 93.7 Å². The SMILES string of the molecule is C=CC(=O)Nc1cccc(F)c1Cc1cc(N(C)C(=O)Cc2c(Cl)c(OC)cc(OC)c2Cl)ncn1. The van der Waals surface area contributed by atoms with E-state index >= 15 is 0 Å². The highest BCUT2D eigenvalue weighted by Gasteiger charge is 2.22. The minimum Gasteiger partial charge on any atom is -0.495 e. The number of likely N-dealkylation sites (N-methyl/N-ethyl adjacent to an activating group) is 1. The lowest BCUT2D eigenvalue weighted by atomic mass is 10.1. The van der Waals surface area contributed by atoms with Gasteiger partial charge in [-0.2, -0.15) is 0 Å². The standard InChI is InChI=1S/C25H23Cl2FN4O4/c1-5-22(33)31-18-8-6-7-17(28)15(18)9-14-10-21(30-13-29-14)32(2)23(34)11-16-24(26)19(35-3)12-20(36-4)25(16)27/h5-8,10,12-13H,1,9,11H2,2-4H3,(H,31,33). The highest BCUT2D eigenvalue weighted by atomic mass is 35.5. The predicted molar refractivity (Wildman–Crippen MR) is 137 cm³/mol. The van der Waals surface area contributed by atoms with Crippen LogP contribution in [0.2, 0.25) is 10.0 Å². The van der Waals surface area contributed by atoms with E-state index in [0.717, 1.165) is 6.08 Å². The van der Waals surface area contributed by atoms with Crippen LogP contribution in [0.5, 0.6) is 11.5 Å². The number of amides is 2. The van der Waals surface area contributed by atoms with Crippen LogP contribution in [-0.4, -0.2) is 43.0 Å². The monoisotopic (exact) mass is 532 g/mol. The van der Waals surface area contributed by atoms with Crippen molar-refractivity contribution in [3.63, 3.8) is 0 Å². The van der Waals surface area contributed by atoms with Gasteiger partial charge >= 0.3 is 0 Å². The van der Waals surface area contributed by atoms with Crippen LogP contribution < -0.4 is 19.7 Å². The van der Waals surface area contributed by atoms with E-state index in [1.54, 1.807) is 12.1 Å². The molecule has 0 spiro atoms. The second kappa shape index (κ2) is 11.8. The number of carbonyl (C=O) groups is 2. The molecular formula is C25H23Cl2FN4O4. The zero-order valence-corrected chi connectivity index (χ0v) is 21.3. The molecule has 0 atom stereocenters. The molecule has 36 heavy (non-hydrogen) atoms. The van der Waals surface area contributed by atoms with Crippen molar-refractivity contribution in [1.82, 2.24) is 9.97 Å². The second-order valence-electron chi connectivity index (χ2n) is 7.52. The number of nitrogens with zero attached hydrogens (tertiary/aromatic N) is 3. The van der Waals surface area contributed by atoms with Crippen LogP contribution in [-0.2, 0) is 22.4 Å². The zero-order valence-electron chi connectivity index (χ0n) is 19.8. The number of hydrogen-bond acceptors (Lipinski definition) is 6. The van der Waals surface area contributed by atoms with Crippen LogP contribution in [0.15, 0.2) is 49.3 Å². The van der Waals surface area contributed by atoms with E-state index in [-0.39, 0.29) is 40.2 Å². The third kappa shape index (κ3) is 5.92. The summed E-state index contributed by atoms with van der Waals surface area (Å²) in [5.41, 5.74) is 1.29. The summed E-state index contributed by atoms with van der Waals surface area (Å²) in [6, 6.07) is 7.44. The molecule has 3 aromatic rings. The van der Waals surface area contributed by atoms with Crippen molar-refractivity contribution < 1.29 is 23.5 Å². The highest BCUT2D eigenvalue weighted by molar-refractivity contribution is 6.38. The summed E-state index contributed by atoms with van der Waals surface area (Å²) in [5.74, 6) is -0.447. The number of anilines is 2. The Labute approximate surface area is 217 Å². The fourth-order valence-corrected chi connectivity index (χ4v) is 4.01. The first-order chi connectivity index (χ1) is 17.2. The van der Waals surface area contributed by atoms with Crippen LogP contribution in [0.25, 0.3) is 0 Å². The van der Waals surface area contributed by atoms with E-state index in [9.17, 15) is 14.0 Å². The predicted octanol–water partition coefficient (Wildman–Crippen LogP) is 4.86. The van der Waals surface area contributed by atoms with Gasteiger partial charge in [0.25, 0.3) is 0 Å². The number of ether oxygens (including phenoxy) is 2. The number of hydrogen-bond donors (Lipinski definition) is 1. The third-order valence-electron chi connectivity index (χ3n) is 5.34. The fourth-order valence-electron chi connectivity index (χ4n) is 3.38. The normalized spacial score (nSPS) is 10.5. The largest absolute Gasteiger partial charge is 0.495 e. The Morgan fingerprint density at radius 2 is 1.78 bits per heavy atom. The Balaban J connectivity index is 1.86. The Morgan fingerprint density at radius 1 is 1.11 bits per heavy atom. The molecule has 1 N–H and O–H groups in total. The summed E-state index contributed by atoms with van der Waals surface area (Å²) < 4.78 is 25.1. The molecule has 2 aromatic carbocycles. The molecule has 0 saturated carbocycles. The molecular weight excluding hydrogens is 510 g/mol. The van der Waals surface area contributed by atoms with Gasteiger partial charge in [-0.1, -0.05) is 35.8 Å². The molecule has 0 unspecified atom stereocenters. The molecule has 0 saturated heterocycles. The zero-order chi connectivity index (χ0) is 26.4. The lowest BCUT2D eigenvalue weighted by molar-refractivity contribution is -0.117. The first-order valence-electron chi connectivity index (χ1n) is 10.6. The summed E-state index contributed by atoms with van der Waals surface area (Å²) in [6.45, 7) is 3.41. The van der Waals surface area contributed by atoms with E-state index in [1.165, 1.54) is 50.7 Å². The minimum atomic E-state index is -0.516. The summed E-state index contributed by atoms with van der Waals surface area (Å²) in [6.07, 6.45) is 2.24. The lowest BCUT2D eigenvalue weighted by Crippen LogP contribution is -2.29. The number of benzene rings is 2. The van der Waals surface area contributed by atoms with Gasteiger partial charge in [-0.25, -0.2) is 14.4 Å². The summed E-state index contributed by atoms with van der Waals surface area (Å²) >= 11 is 12.8. The Kier molecular flexibility index (Phi) is 8.84. The van der Waals surface area contributed by atoms with Crippen LogP contribution in [0.1, 0.15) is 16.8 Å². The van der Waals surface area contributed by atoms with Crippen LogP contribution in [0, 0.1) is 5.82 Å². The summed E-state index contributed by atoms with van der Waals surface area (Å²) in [4.78, 5) is 34.5. The smallest absolute Gasteiger partial charge is 0.247 e. The van der Waals surface area contributed by atoms with Crippen molar-refractivity contribution in [3.8, 4) is 11.5 Å². The molecule has 0 aliphatic heterocycles. The van der Waals surface area contributed by atoms with Gasteiger partial charge in [0, 0.05) is 42.4 Å². The quantitative estimate of drug-likeness (QED) is 0.395. The average Bonchev–Trinajstić information content (AvgIpc) is 2.88. The maximum absolute atomic E-state index is 14.6. The molecule has 8 nitrogen and oxygen atoms in total. The Hall–Kier alpha value is -3.69. The number of halogens is 3. The van der Waals surface area contributed by atoms with E-state index < -0.39 is 11.7 Å². The Bertz CT molecular complexity index is 1290. The second-order valence-corrected chi connectivity index (χ2v) is 8.28. The molecule has 2 amide bonds. The van der Waals surface area contributed by atoms with Crippen molar-refractivity contribution in [3.05, 3.63) is 82.0 Å². The van der Waals surface area contributed by atoms with E-state index in [2.05, 4.69) is 21.9 Å². The van der Waals surface area contributed by atoms with Crippen molar-refractivity contribution >= 4 is 46.5 Å². The molecule has 188 valence electrons. The molecule has 0 aliphatic carbocycles. The molecule has 0 aliphatic rings. The summed E-state index contributed by atoms with van der Waals surface area (Å²) in [7, 11) is 4.42. The molecule has 0 fully saturated rings. The van der Waals surface area contributed by atoms with Gasteiger partial charge in [-0.05, 0) is 18.2 Å². The van der Waals surface area contributed by atoms with Crippen LogP contribution in [0.4, 0.5) is 15.9 Å². The first-order valence-corrected chi connectivity index (χ1v) is 11.3. The van der Waals surface area contributed by atoms with Gasteiger partial charge in [0.15, 0.2) is 0 Å². The van der Waals surface area contributed by atoms with Gasteiger partial charge in [0.05, 0.1) is 36.4 Å². The molecule has 3 rings (SSSR count). The number of rotatable bonds is 9. The lowest BCUT2D eigenvalue weighted by Gasteiger charge is -2.19. The van der Waals surface area contributed by atoms with Crippen molar-refractivity contribution in [1.29, 1.82) is 0 Å². The van der Waals surface area contributed by atoms with Crippen molar-refractivity contribution in [2.75, 3.05) is 31.5 Å². The fraction of sp³-hybridized carbons (Fsp3) is 0.200. The Morgan fingerprint density at radius 3 is 2.39 bits per heavy atom. The van der Waals surface area contributed by atoms with Gasteiger partial charge in [0.1, 0.15) is 29.5 Å². The van der Waals surface area contributed by atoms with Gasteiger partial charge in [-0.3, -0.25) is 14.5 Å². The highest BCUT2D eigenvalue weighted by Crippen LogP contribution is 2.40. The molecule has 0 bridgehead atoms. The van der Waals surface area contributed by atoms with Gasteiger partial charge in [-0.15, -0.1) is 0 Å². The van der Waals surface area contributed by atoms with E-state index in [4.69, 9.17) is 32.7 Å². The van der Waals surface area contributed by atoms with E-state index in [0.29, 0.717) is 28.4 Å². The molecule has 0 radical (unpaired) electrons. The molecule has 11 heteroatoms. The number of nitrogens with one attached hydrogen (secondary N) is 1. The number of carbonyl (C=O) groups excluding carboxylic acids is 2. The van der Waals surface area contributed by atoms with Crippen molar-refractivity contribution in [2.24, 2.45) is 0 Å².